The molecule has 2 heteroatoms. The number of aromatic hydroxyl groups is 1. The maximum absolute atomic E-state index is 9.27. The first-order chi connectivity index (χ1) is 8.69. The number of benzene rings is 2. The first kappa shape index (κ1) is 12.5. The third-order valence-electron chi connectivity index (χ3n) is 3.14. The Morgan fingerprint density at radius 2 is 1.61 bits per heavy atom. The van der Waals surface area contributed by atoms with Gasteiger partial charge in [0.05, 0.1) is 0 Å². The van der Waals surface area contributed by atoms with Crippen LogP contribution in [0, 0.1) is 0 Å². The zero-order chi connectivity index (χ0) is 13.0. The van der Waals surface area contributed by atoms with Gasteiger partial charge in [0.2, 0.25) is 0 Å². The number of hydrogen-bond acceptors (Lipinski definition) is 2. The van der Waals surface area contributed by atoms with Crippen LogP contribution in [0.2, 0.25) is 0 Å². The molecule has 0 aliphatic rings. The SMILES string of the molecule is CCc1ccc(NC(C)c2ccc(O)cc2)cc1. The van der Waals surface area contributed by atoms with Crippen LogP contribution in [-0.4, -0.2) is 5.11 Å². The van der Waals surface area contributed by atoms with E-state index in [4.69, 9.17) is 0 Å². The van der Waals surface area contributed by atoms with Gasteiger partial charge in [0.15, 0.2) is 0 Å². The summed E-state index contributed by atoms with van der Waals surface area (Å²) in [5.74, 6) is 0.304. The molecule has 0 saturated carbocycles. The van der Waals surface area contributed by atoms with E-state index in [1.807, 2.05) is 12.1 Å². The Morgan fingerprint density at radius 3 is 2.17 bits per heavy atom. The van der Waals surface area contributed by atoms with Crippen molar-refractivity contribution >= 4 is 5.69 Å². The van der Waals surface area contributed by atoms with Crippen molar-refractivity contribution < 1.29 is 5.11 Å². The maximum Gasteiger partial charge on any atom is 0.115 e. The monoisotopic (exact) mass is 241 g/mol. The Bertz CT molecular complexity index is 488. The summed E-state index contributed by atoms with van der Waals surface area (Å²) in [7, 11) is 0. The van der Waals surface area contributed by atoms with Gasteiger partial charge in [-0.25, -0.2) is 0 Å². The first-order valence-corrected chi connectivity index (χ1v) is 6.33. The van der Waals surface area contributed by atoms with Crippen molar-refractivity contribution in [3.63, 3.8) is 0 Å². The Labute approximate surface area is 108 Å². The molecule has 0 aromatic heterocycles. The van der Waals surface area contributed by atoms with Crippen molar-refractivity contribution in [2.45, 2.75) is 26.3 Å². The largest absolute Gasteiger partial charge is 0.508 e. The molecule has 18 heavy (non-hydrogen) atoms. The number of phenolic OH excluding ortho intramolecular Hbond substituents is 1. The van der Waals surface area contributed by atoms with Crippen molar-refractivity contribution in [2.75, 3.05) is 5.32 Å². The molecule has 0 aliphatic carbocycles. The zero-order valence-corrected chi connectivity index (χ0v) is 10.9. The minimum absolute atomic E-state index is 0.220. The molecule has 94 valence electrons. The van der Waals surface area contributed by atoms with Gasteiger partial charge in [0, 0.05) is 11.7 Å². The number of phenols is 1. The predicted octanol–water partition coefficient (Wildman–Crippen LogP) is 4.13. The number of nitrogens with one attached hydrogen (secondary N) is 1. The summed E-state index contributed by atoms with van der Waals surface area (Å²) in [6.45, 7) is 4.27. The molecular weight excluding hydrogens is 222 g/mol. The Kier molecular flexibility index (Phi) is 3.88. The summed E-state index contributed by atoms with van der Waals surface area (Å²) in [5.41, 5.74) is 3.62. The maximum atomic E-state index is 9.27. The predicted molar refractivity (Wildman–Crippen MR) is 76.0 cm³/mol. The lowest BCUT2D eigenvalue weighted by molar-refractivity contribution is 0.475. The van der Waals surface area contributed by atoms with E-state index >= 15 is 0 Å². The summed E-state index contributed by atoms with van der Waals surface area (Å²) in [6, 6.07) is 16.0. The molecule has 0 fully saturated rings. The summed E-state index contributed by atoms with van der Waals surface area (Å²) >= 11 is 0. The van der Waals surface area contributed by atoms with Gasteiger partial charge in [-0.05, 0) is 48.7 Å². The van der Waals surface area contributed by atoms with Crippen molar-refractivity contribution in [1.82, 2.24) is 0 Å². The standard InChI is InChI=1S/C16H19NO/c1-3-13-4-8-15(9-5-13)17-12(2)14-6-10-16(18)11-7-14/h4-12,17-18H,3H2,1-2H3. The molecule has 1 atom stereocenters. The highest BCUT2D eigenvalue weighted by molar-refractivity contribution is 5.47. The van der Waals surface area contributed by atoms with Gasteiger partial charge in [-0.1, -0.05) is 31.2 Å². The first-order valence-electron chi connectivity index (χ1n) is 6.33. The molecule has 2 aromatic rings. The van der Waals surface area contributed by atoms with Gasteiger partial charge in [-0.15, -0.1) is 0 Å². The highest BCUT2D eigenvalue weighted by Gasteiger charge is 2.04. The van der Waals surface area contributed by atoms with Crippen LogP contribution < -0.4 is 5.32 Å². The van der Waals surface area contributed by atoms with Crippen LogP contribution in [0.5, 0.6) is 5.75 Å². The van der Waals surface area contributed by atoms with Crippen LogP contribution in [0.25, 0.3) is 0 Å². The Balaban J connectivity index is 2.05. The lowest BCUT2D eigenvalue weighted by Gasteiger charge is -2.16. The fourth-order valence-corrected chi connectivity index (χ4v) is 1.93. The normalized spacial score (nSPS) is 12.1. The molecule has 2 nitrogen and oxygen atoms in total. The van der Waals surface area contributed by atoms with Crippen LogP contribution in [0.15, 0.2) is 48.5 Å². The van der Waals surface area contributed by atoms with Crippen LogP contribution in [0.1, 0.15) is 31.0 Å². The lowest BCUT2D eigenvalue weighted by atomic mass is 10.1. The van der Waals surface area contributed by atoms with E-state index in [-0.39, 0.29) is 6.04 Å². The second-order valence-electron chi connectivity index (χ2n) is 4.51. The highest BCUT2D eigenvalue weighted by atomic mass is 16.3. The molecule has 0 heterocycles. The number of aryl methyl sites for hydroxylation is 1. The Hall–Kier alpha value is -1.96. The van der Waals surface area contributed by atoms with Crippen LogP contribution in [-0.2, 0) is 6.42 Å². The number of hydrogen-bond donors (Lipinski definition) is 2. The molecule has 2 aromatic carbocycles. The quantitative estimate of drug-likeness (QED) is 0.843. The fourth-order valence-electron chi connectivity index (χ4n) is 1.93. The van der Waals surface area contributed by atoms with Gasteiger partial charge < -0.3 is 10.4 Å². The molecule has 0 aliphatic heterocycles. The second kappa shape index (κ2) is 5.58. The third kappa shape index (κ3) is 3.04. The number of rotatable bonds is 4. The summed E-state index contributed by atoms with van der Waals surface area (Å²) in [4.78, 5) is 0. The number of anilines is 1. The molecule has 0 bridgehead atoms. The van der Waals surface area contributed by atoms with Gasteiger partial charge in [-0.3, -0.25) is 0 Å². The summed E-state index contributed by atoms with van der Waals surface area (Å²) in [6.07, 6.45) is 1.06. The van der Waals surface area contributed by atoms with Gasteiger partial charge in [0.1, 0.15) is 5.75 Å². The second-order valence-corrected chi connectivity index (χ2v) is 4.51. The smallest absolute Gasteiger partial charge is 0.115 e. The van der Waals surface area contributed by atoms with E-state index in [0.29, 0.717) is 5.75 Å². The van der Waals surface area contributed by atoms with E-state index in [0.717, 1.165) is 17.7 Å². The molecule has 0 spiro atoms. The lowest BCUT2D eigenvalue weighted by Crippen LogP contribution is -2.06. The molecular formula is C16H19NO. The molecule has 2 rings (SSSR count). The highest BCUT2D eigenvalue weighted by Crippen LogP contribution is 2.21. The molecule has 2 N–H and O–H groups in total. The minimum atomic E-state index is 0.220. The van der Waals surface area contributed by atoms with E-state index in [2.05, 4.69) is 43.4 Å². The average Bonchev–Trinajstić information content (AvgIpc) is 2.40. The van der Waals surface area contributed by atoms with E-state index in [1.54, 1.807) is 12.1 Å². The van der Waals surface area contributed by atoms with E-state index in [9.17, 15) is 5.11 Å². The average molecular weight is 241 g/mol. The van der Waals surface area contributed by atoms with E-state index < -0.39 is 0 Å². The molecule has 1 unspecified atom stereocenters. The van der Waals surface area contributed by atoms with Gasteiger partial charge in [0.25, 0.3) is 0 Å². The van der Waals surface area contributed by atoms with Crippen LogP contribution in [0.4, 0.5) is 5.69 Å². The fraction of sp³-hybridized carbons (Fsp3) is 0.250. The van der Waals surface area contributed by atoms with Gasteiger partial charge >= 0.3 is 0 Å². The van der Waals surface area contributed by atoms with Crippen molar-refractivity contribution in [3.8, 4) is 5.75 Å². The molecule has 0 amide bonds. The third-order valence-corrected chi connectivity index (χ3v) is 3.14. The molecule has 0 radical (unpaired) electrons. The van der Waals surface area contributed by atoms with Crippen molar-refractivity contribution in [2.24, 2.45) is 0 Å². The molecule has 0 saturated heterocycles. The van der Waals surface area contributed by atoms with Crippen molar-refractivity contribution in [3.05, 3.63) is 59.7 Å². The zero-order valence-electron chi connectivity index (χ0n) is 10.9. The van der Waals surface area contributed by atoms with Crippen LogP contribution >= 0.6 is 0 Å². The topological polar surface area (TPSA) is 32.3 Å². The minimum Gasteiger partial charge on any atom is -0.508 e. The van der Waals surface area contributed by atoms with Crippen molar-refractivity contribution in [1.29, 1.82) is 0 Å². The van der Waals surface area contributed by atoms with Crippen LogP contribution in [0.3, 0.4) is 0 Å². The van der Waals surface area contributed by atoms with E-state index in [1.165, 1.54) is 5.56 Å². The summed E-state index contributed by atoms with van der Waals surface area (Å²) in [5, 5.41) is 12.7. The Morgan fingerprint density at radius 1 is 1.00 bits per heavy atom. The summed E-state index contributed by atoms with van der Waals surface area (Å²) < 4.78 is 0. The van der Waals surface area contributed by atoms with Gasteiger partial charge in [-0.2, -0.15) is 0 Å².